The van der Waals surface area contributed by atoms with Crippen LogP contribution in [0.2, 0.25) is 0 Å². The number of hydrogen-bond donors (Lipinski definition) is 3. The molecule has 0 aromatic heterocycles. The summed E-state index contributed by atoms with van der Waals surface area (Å²) < 4.78 is 9.88. The number of nitrogens with zero attached hydrogens (tertiary/aromatic N) is 3. The van der Waals surface area contributed by atoms with Crippen molar-refractivity contribution >= 4 is 41.4 Å². The molecule has 0 aromatic rings. The van der Waals surface area contributed by atoms with E-state index in [1.165, 1.54) is 43.2 Å². The van der Waals surface area contributed by atoms with E-state index in [-0.39, 0.29) is 23.9 Å². The number of carbonyl (C=O) groups is 4. The molecule has 3 heterocycles. The summed E-state index contributed by atoms with van der Waals surface area (Å²) in [5, 5.41) is 15.1. The number of aliphatic carboxylic acids is 1. The second-order valence-electron chi connectivity index (χ2n) is 6.22. The standard InChI is InChI=1S/C16H19N5O8S/c1-7(22)29-5-8-6-30-14-9(13(24)21(14)10(8)15(25)26)18-12(23)11(19-27-2)20-3-4-28-16(20)17/h3-4,9,14,16H,5-6,17H2,1-2H3,(H,18,23)(H,25,26)/b19-11+/t9?,14-,16?/m1/s1. The van der Waals surface area contributed by atoms with Gasteiger partial charge in [0.25, 0.3) is 11.8 Å². The normalized spacial score (nSPS) is 25.4. The van der Waals surface area contributed by atoms with Crippen LogP contribution in [0.3, 0.4) is 0 Å². The molecule has 0 saturated carbocycles. The van der Waals surface area contributed by atoms with Crippen LogP contribution in [-0.2, 0) is 33.5 Å². The molecule has 1 fully saturated rings. The van der Waals surface area contributed by atoms with Crippen LogP contribution in [0, 0.1) is 0 Å². The lowest BCUT2D eigenvalue weighted by Crippen LogP contribution is -2.71. The Bertz CT molecular complexity index is 872. The Morgan fingerprint density at radius 2 is 2.20 bits per heavy atom. The molecule has 1 saturated heterocycles. The number of nitrogens with two attached hydrogens (primary N) is 1. The minimum absolute atomic E-state index is 0.211. The van der Waals surface area contributed by atoms with Gasteiger partial charge in [0.2, 0.25) is 12.2 Å². The molecule has 4 N–H and O–H groups in total. The van der Waals surface area contributed by atoms with Crippen LogP contribution < -0.4 is 11.1 Å². The number of β-lactam (4-membered cyclic amide) rings is 1. The number of carboxylic acids is 1. The zero-order valence-electron chi connectivity index (χ0n) is 15.9. The summed E-state index contributed by atoms with van der Waals surface area (Å²) in [6.45, 7) is 0.965. The lowest BCUT2D eigenvalue weighted by atomic mass is 10.0. The second kappa shape index (κ2) is 8.62. The van der Waals surface area contributed by atoms with E-state index in [1.54, 1.807) is 0 Å². The van der Waals surface area contributed by atoms with E-state index in [9.17, 15) is 24.3 Å². The van der Waals surface area contributed by atoms with Gasteiger partial charge in [0.05, 0.1) is 0 Å². The van der Waals surface area contributed by atoms with E-state index in [0.717, 1.165) is 4.90 Å². The van der Waals surface area contributed by atoms with Crippen molar-refractivity contribution in [3.63, 3.8) is 0 Å². The van der Waals surface area contributed by atoms with Crippen molar-refractivity contribution in [2.24, 2.45) is 10.9 Å². The molecule has 0 radical (unpaired) electrons. The van der Waals surface area contributed by atoms with Gasteiger partial charge in [0, 0.05) is 24.4 Å². The zero-order valence-corrected chi connectivity index (χ0v) is 16.7. The van der Waals surface area contributed by atoms with Gasteiger partial charge in [-0.1, -0.05) is 5.16 Å². The highest BCUT2D eigenvalue weighted by atomic mass is 32.2. The third-order valence-electron chi connectivity index (χ3n) is 4.33. The maximum atomic E-state index is 12.7. The summed E-state index contributed by atoms with van der Waals surface area (Å²) in [6, 6.07) is -0.988. The first kappa shape index (κ1) is 21.4. The molecular formula is C16H19N5O8S. The Labute approximate surface area is 174 Å². The van der Waals surface area contributed by atoms with Crippen LogP contribution in [0.25, 0.3) is 0 Å². The Kier molecular flexibility index (Phi) is 6.17. The van der Waals surface area contributed by atoms with E-state index in [0.29, 0.717) is 5.57 Å². The molecule has 30 heavy (non-hydrogen) atoms. The van der Waals surface area contributed by atoms with Crippen LogP contribution in [0.15, 0.2) is 28.9 Å². The van der Waals surface area contributed by atoms with Gasteiger partial charge in [0.1, 0.15) is 37.1 Å². The van der Waals surface area contributed by atoms with Crippen molar-refractivity contribution in [2.75, 3.05) is 19.5 Å². The SMILES string of the molecule is CO/N=C(\C(=O)NC1C(=O)N2C(C(=O)O)=C(COC(C)=O)CS[C@H]12)N1C=COC1N. The fourth-order valence-corrected chi connectivity index (χ4v) is 4.33. The summed E-state index contributed by atoms with van der Waals surface area (Å²) in [7, 11) is 1.24. The fraction of sp³-hybridized carbons (Fsp3) is 0.438. The Hall–Kier alpha value is -3.26. The van der Waals surface area contributed by atoms with Crippen molar-refractivity contribution in [1.82, 2.24) is 15.1 Å². The van der Waals surface area contributed by atoms with Gasteiger partial charge >= 0.3 is 11.9 Å². The van der Waals surface area contributed by atoms with Crippen molar-refractivity contribution in [1.29, 1.82) is 0 Å². The maximum absolute atomic E-state index is 12.7. The molecule has 13 nitrogen and oxygen atoms in total. The van der Waals surface area contributed by atoms with Gasteiger partial charge in [0.15, 0.2) is 0 Å². The Morgan fingerprint density at radius 1 is 1.47 bits per heavy atom. The van der Waals surface area contributed by atoms with Crippen molar-refractivity contribution in [3.8, 4) is 0 Å². The highest BCUT2D eigenvalue weighted by Crippen LogP contribution is 2.40. The summed E-state index contributed by atoms with van der Waals surface area (Å²) in [5.74, 6) is -3.30. The fourth-order valence-electron chi connectivity index (χ4n) is 3.00. The first-order valence-corrected chi connectivity index (χ1v) is 9.62. The molecule has 3 aliphatic rings. The van der Waals surface area contributed by atoms with E-state index < -0.39 is 41.5 Å². The predicted molar refractivity (Wildman–Crippen MR) is 101 cm³/mol. The van der Waals surface area contributed by atoms with Gasteiger partial charge in [-0.3, -0.25) is 29.9 Å². The summed E-state index contributed by atoms with van der Waals surface area (Å²) >= 11 is 1.24. The monoisotopic (exact) mass is 441 g/mol. The van der Waals surface area contributed by atoms with E-state index >= 15 is 0 Å². The lowest BCUT2D eigenvalue weighted by Gasteiger charge is -2.49. The summed E-state index contributed by atoms with van der Waals surface area (Å²) in [4.78, 5) is 55.0. The molecule has 3 aliphatic heterocycles. The lowest BCUT2D eigenvalue weighted by molar-refractivity contribution is -0.150. The number of carboxylic acid groups (broad SMARTS) is 1. The van der Waals surface area contributed by atoms with E-state index in [4.69, 9.17) is 15.2 Å². The average Bonchev–Trinajstić information content (AvgIpc) is 3.12. The number of amides is 2. The number of carbonyl (C=O) groups excluding carboxylic acids is 3. The summed E-state index contributed by atoms with van der Waals surface area (Å²) in [6.07, 6.45) is 1.65. The first-order chi connectivity index (χ1) is 14.3. The molecule has 14 heteroatoms. The zero-order chi connectivity index (χ0) is 22.0. The van der Waals surface area contributed by atoms with Gasteiger partial charge < -0.3 is 24.7 Å². The number of hydrogen-bond acceptors (Lipinski definition) is 10. The third kappa shape index (κ3) is 3.91. The molecule has 2 unspecified atom stereocenters. The number of amidine groups is 1. The van der Waals surface area contributed by atoms with Gasteiger partial charge in [-0.15, -0.1) is 11.8 Å². The van der Waals surface area contributed by atoms with E-state index in [2.05, 4.69) is 15.3 Å². The number of esters is 1. The number of ether oxygens (including phenoxy) is 2. The number of rotatable bonds is 5. The molecule has 2 amide bonds. The van der Waals surface area contributed by atoms with Gasteiger partial charge in [-0.2, -0.15) is 0 Å². The predicted octanol–water partition coefficient (Wildman–Crippen LogP) is -1.71. The van der Waals surface area contributed by atoms with Gasteiger partial charge in [-0.05, 0) is 0 Å². The molecule has 3 rings (SSSR count). The van der Waals surface area contributed by atoms with Crippen LogP contribution in [0.4, 0.5) is 0 Å². The van der Waals surface area contributed by atoms with E-state index in [1.807, 2.05) is 0 Å². The van der Waals surface area contributed by atoms with Crippen LogP contribution in [-0.4, -0.2) is 81.7 Å². The van der Waals surface area contributed by atoms with Crippen molar-refractivity contribution < 1.29 is 38.6 Å². The van der Waals surface area contributed by atoms with Crippen molar-refractivity contribution in [3.05, 3.63) is 23.7 Å². The van der Waals surface area contributed by atoms with Gasteiger partial charge in [-0.25, -0.2) is 4.79 Å². The van der Waals surface area contributed by atoms with Crippen LogP contribution >= 0.6 is 11.8 Å². The highest BCUT2D eigenvalue weighted by molar-refractivity contribution is 8.00. The Balaban J connectivity index is 1.75. The number of thioether (sulfide) groups is 1. The number of fused-ring (bicyclic) bond motifs is 1. The third-order valence-corrected chi connectivity index (χ3v) is 5.66. The van der Waals surface area contributed by atoms with Crippen LogP contribution in [0.5, 0.6) is 0 Å². The number of oxime groups is 1. The molecule has 0 spiro atoms. The van der Waals surface area contributed by atoms with Crippen LogP contribution in [0.1, 0.15) is 6.92 Å². The minimum Gasteiger partial charge on any atom is -0.477 e. The molecule has 0 aromatic carbocycles. The average molecular weight is 441 g/mol. The molecule has 0 bridgehead atoms. The molecule has 162 valence electrons. The topological polar surface area (TPSA) is 173 Å². The Morgan fingerprint density at radius 3 is 2.77 bits per heavy atom. The minimum atomic E-state index is -1.33. The maximum Gasteiger partial charge on any atom is 0.352 e. The molecular weight excluding hydrogens is 422 g/mol. The smallest absolute Gasteiger partial charge is 0.352 e. The quantitative estimate of drug-likeness (QED) is 0.146. The largest absolute Gasteiger partial charge is 0.477 e. The highest BCUT2D eigenvalue weighted by Gasteiger charge is 2.54. The molecule has 0 aliphatic carbocycles. The molecule has 3 atom stereocenters. The number of nitrogens with one attached hydrogen (secondary N) is 1. The van der Waals surface area contributed by atoms with Crippen molar-refractivity contribution in [2.45, 2.75) is 24.7 Å². The second-order valence-corrected chi connectivity index (χ2v) is 7.32. The first-order valence-electron chi connectivity index (χ1n) is 8.57. The summed E-state index contributed by atoms with van der Waals surface area (Å²) in [5.41, 5.74) is 5.76.